The molecule has 0 aromatic carbocycles. The van der Waals surface area contributed by atoms with Gasteiger partial charge in [0.25, 0.3) is 5.56 Å². The SMILES string of the molecule is O=c1cc[nH]c(=O)n1CCCN1CCCC1. The van der Waals surface area contributed by atoms with E-state index in [-0.39, 0.29) is 11.2 Å². The molecule has 5 heteroatoms. The van der Waals surface area contributed by atoms with Crippen molar-refractivity contribution in [2.45, 2.75) is 25.8 Å². The van der Waals surface area contributed by atoms with E-state index in [0.29, 0.717) is 6.54 Å². The van der Waals surface area contributed by atoms with E-state index in [1.165, 1.54) is 29.7 Å². The standard InChI is InChI=1S/C11H17N3O2/c15-10-4-5-12-11(16)14(10)9-3-8-13-6-1-2-7-13/h4-5H,1-3,6-9H2,(H,12,16). The van der Waals surface area contributed by atoms with Gasteiger partial charge in [-0.05, 0) is 38.9 Å². The maximum absolute atomic E-state index is 11.4. The van der Waals surface area contributed by atoms with Crippen LogP contribution in [0, 0.1) is 0 Å². The molecule has 1 fully saturated rings. The number of likely N-dealkylation sites (tertiary alicyclic amines) is 1. The van der Waals surface area contributed by atoms with Crippen molar-refractivity contribution < 1.29 is 0 Å². The zero-order chi connectivity index (χ0) is 11.4. The second-order valence-electron chi connectivity index (χ2n) is 4.18. The fourth-order valence-electron chi connectivity index (χ4n) is 2.12. The van der Waals surface area contributed by atoms with Crippen molar-refractivity contribution in [3.8, 4) is 0 Å². The summed E-state index contributed by atoms with van der Waals surface area (Å²) in [6.45, 7) is 3.78. The summed E-state index contributed by atoms with van der Waals surface area (Å²) in [7, 11) is 0. The van der Waals surface area contributed by atoms with Gasteiger partial charge in [-0.25, -0.2) is 4.79 Å². The summed E-state index contributed by atoms with van der Waals surface area (Å²) in [5.74, 6) is 0. The van der Waals surface area contributed by atoms with Crippen LogP contribution >= 0.6 is 0 Å². The number of H-pyrrole nitrogens is 1. The Kier molecular flexibility index (Phi) is 3.56. The maximum Gasteiger partial charge on any atom is 0.328 e. The van der Waals surface area contributed by atoms with Crippen LogP contribution < -0.4 is 11.2 Å². The molecule has 1 aliphatic heterocycles. The predicted molar refractivity (Wildman–Crippen MR) is 61.6 cm³/mol. The van der Waals surface area contributed by atoms with Crippen molar-refractivity contribution in [3.63, 3.8) is 0 Å². The average molecular weight is 223 g/mol. The van der Waals surface area contributed by atoms with E-state index in [1.54, 1.807) is 0 Å². The first-order valence-electron chi connectivity index (χ1n) is 5.78. The number of rotatable bonds is 4. The van der Waals surface area contributed by atoms with Gasteiger partial charge in [0.05, 0.1) is 0 Å². The van der Waals surface area contributed by atoms with Gasteiger partial charge in [-0.1, -0.05) is 0 Å². The van der Waals surface area contributed by atoms with Crippen molar-refractivity contribution in [2.24, 2.45) is 0 Å². The number of aromatic nitrogens is 2. The van der Waals surface area contributed by atoms with Crippen molar-refractivity contribution in [1.82, 2.24) is 14.5 Å². The molecule has 5 nitrogen and oxygen atoms in total. The summed E-state index contributed by atoms with van der Waals surface area (Å²) in [6.07, 6.45) is 4.78. The highest BCUT2D eigenvalue weighted by Gasteiger charge is 2.10. The predicted octanol–water partition coefficient (Wildman–Crippen LogP) is 0.0225. The molecule has 0 spiro atoms. The fraction of sp³-hybridized carbons (Fsp3) is 0.636. The number of nitrogens with one attached hydrogen (secondary N) is 1. The summed E-state index contributed by atoms with van der Waals surface area (Å²) in [5, 5.41) is 0. The van der Waals surface area contributed by atoms with Crippen LogP contribution in [0.3, 0.4) is 0 Å². The molecule has 0 atom stereocenters. The largest absolute Gasteiger partial charge is 0.328 e. The zero-order valence-electron chi connectivity index (χ0n) is 9.32. The topological polar surface area (TPSA) is 58.1 Å². The highest BCUT2D eigenvalue weighted by molar-refractivity contribution is 4.82. The average Bonchev–Trinajstić information content (AvgIpc) is 2.75. The number of hydrogen-bond donors (Lipinski definition) is 1. The normalized spacial score (nSPS) is 16.8. The van der Waals surface area contributed by atoms with Gasteiger partial charge in [0.1, 0.15) is 0 Å². The molecule has 0 aliphatic carbocycles. The molecule has 0 amide bonds. The number of hydrogen-bond acceptors (Lipinski definition) is 3. The molecular weight excluding hydrogens is 206 g/mol. The van der Waals surface area contributed by atoms with E-state index in [2.05, 4.69) is 9.88 Å². The van der Waals surface area contributed by atoms with Crippen LogP contribution in [0.4, 0.5) is 0 Å². The number of aromatic amines is 1. The Labute approximate surface area is 93.7 Å². The van der Waals surface area contributed by atoms with Crippen LogP contribution in [-0.4, -0.2) is 34.1 Å². The van der Waals surface area contributed by atoms with Crippen LogP contribution in [0.25, 0.3) is 0 Å². The summed E-state index contributed by atoms with van der Waals surface area (Å²) in [4.78, 5) is 27.6. The van der Waals surface area contributed by atoms with Gasteiger partial charge in [0.15, 0.2) is 0 Å². The van der Waals surface area contributed by atoms with E-state index in [4.69, 9.17) is 0 Å². The summed E-state index contributed by atoms with van der Waals surface area (Å²) in [6, 6.07) is 1.39. The summed E-state index contributed by atoms with van der Waals surface area (Å²) in [5.41, 5.74) is -0.529. The smallest absolute Gasteiger partial charge is 0.314 e. The molecule has 2 heterocycles. The third-order valence-corrected chi connectivity index (χ3v) is 3.00. The Bertz CT molecular complexity index is 415. The molecule has 0 saturated carbocycles. The Morgan fingerprint density at radius 3 is 2.62 bits per heavy atom. The first kappa shape index (κ1) is 11.1. The Morgan fingerprint density at radius 2 is 1.94 bits per heavy atom. The second kappa shape index (κ2) is 5.12. The third kappa shape index (κ3) is 2.61. The molecule has 16 heavy (non-hydrogen) atoms. The minimum atomic E-state index is -0.311. The molecule has 0 unspecified atom stereocenters. The van der Waals surface area contributed by atoms with Gasteiger partial charge < -0.3 is 9.88 Å². The Balaban J connectivity index is 1.89. The summed E-state index contributed by atoms with van der Waals surface area (Å²) < 4.78 is 1.26. The first-order chi connectivity index (χ1) is 7.77. The monoisotopic (exact) mass is 223 g/mol. The molecule has 0 radical (unpaired) electrons. The molecule has 1 saturated heterocycles. The molecule has 2 rings (SSSR count). The highest BCUT2D eigenvalue weighted by atomic mass is 16.2. The van der Waals surface area contributed by atoms with Gasteiger partial charge in [-0.15, -0.1) is 0 Å². The lowest BCUT2D eigenvalue weighted by Gasteiger charge is -2.14. The fourth-order valence-corrected chi connectivity index (χ4v) is 2.12. The molecule has 88 valence electrons. The van der Waals surface area contributed by atoms with E-state index in [9.17, 15) is 9.59 Å². The van der Waals surface area contributed by atoms with Gasteiger partial charge in [0.2, 0.25) is 0 Å². The van der Waals surface area contributed by atoms with Gasteiger partial charge in [0, 0.05) is 18.8 Å². The van der Waals surface area contributed by atoms with Crippen molar-refractivity contribution >= 4 is 0 Å². The quantitative estimate of drug-likeness (QED) is 0.783. The van der Waals surface area contributed by atoms with Crippen molar-refractivity contribution in [2.75, 3.05) is 19.6 Å². The molecular formula is C11H17N3O2. The molecule has 1 aromatic rings. The van der Waals surface area contributed by atoms with E-state index in [1.807, 2.05) is 0 Å². The van der Waals surface area contributed by atoms with Crippen LogP contribution in [0.15, 0.2) is 21.9 Å². The third-order valence-electron chi connectivity index (χ3n) is 3.00. The van der Waals surface area contributed by atoms with Crippen LogP contribution in [0.1, 0.15) is 19.3 Å². The second-order valence-corrected chi connectivity index (χ2v) is 4.18. The minimum Gasteiger partial charge on any atom is -0.314 e. The van der Waals surface area contributed by atoms with Gasteiger partial charge >= 0.3 is 5.69 Å². The van der Waals surface area contributed by atoms with Crippen molar-refractivity contribution in [3.05, 3.63) is 33.1 Å². The highest BCUT2D eigenvalue weighted by Crippen LogP contribution is 2.07. The van der Waals surface area contributed by atoms with Crippen LogP contribution in [0.5, 0.6) is 0 Å². The molecule has 1 N–H and O–H groups in total. The van der Waals surface area contributed by atoms with E-state index in [0.717, 1.165) is 26.1 Å². The van der Waals surface area contributed by atoms with E-state index >= 15 is 0 Å². The lowest BCUT2D eigenvalue weighted by Crippen LogP contribution is -2.35. The van der Waals surface area contributed by atoms with Crippen LogP contribution in [-0.2, 0) is 6.54 Å². The lowest BCUT2D eigenvalue weighted by molar-refractivity contribution is 0.323. The summed E-state index contributed by atoms with van der Waals surface area (Å²) >= 11 is 0. The van der Waals surface area contributed by atoms with Gasteiger partial charge in [-0.3, -0.25) is 9.36 Å². The molecule has 1 aromatic heterocycles. The molecule has 0 bridgehead atoms. The van der Waals surface area contributed by atoms with Crippen LogP contribution in [0.2, 0.25) is 0 Å². The molecule has 1 aliphatic rings. The zero-order valence-corrected chi connectivity index (χ0v) is 9.32. The van der Waals surface area contributed by atoms with E-state index < -0.39 is 0 Å². The lowest BCUT2D eigenvalue weighted by atomic mass is 10.4. The first-order valence-corrected chi connectivity index (χ1v) is 5.78. The van der Waals surface area contributed by atoms with Crippen molar-refractivity contribution in [1.29, 1.82) is 0 Å². The Hall–Kier alpha value is -1.36. The number of nitrogens with zero attached hydrogens (tertiary/aromatic N) is 2. The van der Waals surface area contributed by atoms with Gasteiger partial charge in [-0.2, -0.15) is 0 Å². The minimum absolute atomic E-state index is 0.217. The Morgan fingerprint density at radius 1 is 1.19 bits per heavy atom. The maximum atomic E-state index is 11.4.